The monoisotopic (exact) mass is 359 g/mol. The highest BCUT2D eigenvalue weighted by molar-refractivity contribution is 5.79. The molecule has 0 aliphatic carbocycles. The van der Waals surface area contributed by atoms with Crippen LogP contribution in [0.25, 0.3) is 0 Å². The lowest BCUT2D eigenvalue weighted by molar-refractivity contribution is -0.140. The highest BCUT2D eigenvalue weighted by atomic mass is 16.2. The molecule has 3 rings (SSSR count). The molecule has 0 aromatic carbocycles. The lowest BCUT2D eigenvalue weighted by Crippen LogP contribution is -2.44. The summed E-state index contributed by atoms with van der Waals surface area (Å²) < 4.78 is 0. The Bertz CT molecular complexity index is 625. The number of amides is 2. The van der Waals surface area contributed by atoms with Crippen LogP contribution in [0.2, 0.25) is 0 Å². The minimum absolute atomic E-state index is 0.0742. The molecule has 7 heteroatoms. The Hall–Kier alpha value is -2.18. The number of hydrogen-bond acceptors (Lipinski definition) is 5. The van der Waals surface area contributed by atoms with Crippen LogP contribution in [0.4, 0.5) is 5.82 Å². The van der Waals surface area contributed by atoms with E-state index in [1.807, 2.05) is 9.80 Å². The van der Waals surface area contributed by atoms with Crippen LogP contribution in [0.5, 0.6) is 0 Å². The Kier molecular flexibility index (Phi) is 6.06. The second-order valence-corrected chi connectivity index (χ2v) is 7.54. The molecule has 2 fully saturated rings. The molecule has 3 heterocycles. The van der Waals surface area contributed by atoms with E-state index >= 15 is 0 Å². The van der Waals surface area contributed by atoms with E-state index in [0.29, 0.717) is 24.8 Å². The molecule has 1 atom stereocenters. The molecule has 26 heavy (non-hydrogen) atoms. The Morgan fingerprint density at radius 1 is 1.04 bits per heavy atom. The molecular weight excluding hydrogens is 330 g/mol. The molecule has 142 valence electrons. The van der Waals surface area contributed by atoms with Crippen LogP contribution in [0.1, 0.15) is 44.7 Å². The van der Waals surface area contributed by atoms with Crippen molar-refractivity contribution < 1.29 is 9.59 Å². The summed E-state index contributed by atoms with van der Waals surface area (Å²) >= 11 is 0. The van der Waals surface area contributed by atoms with Gasteiger partial charge in [0, 0.05) is 39.0 Å². The summed E-state index contributed by atoms with van der Waals surface area (Å²) in [6, 6.07) is 0. The van der Waals surface area contributed by atoms with Gasteiger partial charge in [0.25, 0.3) is 0 Å². The van der Waals surface area contributed by atoms with Crippen molar-refractivity contribution in [1.82, 2.24) is 19.8 Å². The van der Waals surface area contributed by atoms with Crippen LogP contribution in [0, 0.1) is 11.8 Å². The average molecular weight is 359 g/mol. The van der Waals surface area contributed by atoms with Gasteiger partial charge in [0.05, 0.1) is 18.1 Å². The van der Waals surface area contributed by atoms with Gasteiger partial charge in [-0.25, -0.2) is 4.98 Å². The number of likely N-dealkylation sites (tertiary alicyclic amines) is 2. The Morgan fingerprint density at radius 2 is 1.77 bits per heavy atom. The second-order valence-electron chi connectivity index (χ2n) is 7.54. The molecule has 2 aliphatic rings. The van der Waals surface area contributed by atoms with Gasteiger partial charge < -0.3 is 15.5 Å². The van der Waals surface area contributed by atoms with Crippen LogP contribution >= 0.6 is 0 Å². The highest BCUT2D eigenvalue weighted by Gasteiger charge is 2.30. The van der Waals surface area contributed by atoms with Gasteiger partial charge in [0.1, 0.15) is 5.82 Å². The van der Waals surface area contributed by atoms with Gasteiger partial charge in [-0.1, -0.05) is 0 Å². The molecule has 2 amide bonds. The zero-order valence-corrected chi connectivity index (χ0v) is 15.6. The first-order chi connectivity index (χ1) is 12.5. The maximum atomic E-state index is 12.9. The molecule has 1 aromatic heterocycles. The first-order valence-electron chi connectivity index (χ1n) is 9.63. The highest BCUT2D eigenvalue weighted by Crippen LogP contribution is 2.25. The first kappa shape index (κ1) is 18.6. The molecule has 0 spiro atoms. The Labute approximate surface area is 155 Å². The van der Waals surface area contributed by atoms with Crippen molar-refractivity contribution >= 4 is 17.6 Å². The molecule has 2 N–H and O–H groups in total. The predicted molar refractivity (Wildman–Crippen MR) is 99.0 cm³/mol. The van der Waals surface area contributed by atoms with Crippen LogP contribution < -0.4 is 5.73 Å². The lowest BCUT2D eigenvalue weighted by atomic mass is 9.94. The normalized spacial score (nSPS) is 22.1. The molecule has 7 nitrogen and oxygen atoms in total. The summed E-state index contributed by atoms with van der Waals surface area (Å²) in [7, 11) is 0. The number of carbonyl (C=O) groups is 2. The average Bonchev–Trinajstić information content (AvgIpc) is 2.89. The molecule has 0 unspecified atom stereocenters. The van der Waals surface area contributed by atoms with Gasteiger partial charge in [-0.2, -0.15) is 0 Å². The van der Waals surface area contributed by atoms with Crippen LogP contribution in [-0.2, 0) is 16.0 Å². The number of piperidine rings is 1. The van der Waals surface area contributed by atoms with Crippen LogP contribution in [0.3, 0.4) is 0 Å². The minimum Gasteiger partial charge on any atom is -0.382 e. The third-order valence-electron chi connectivity index (χ3n) is 5.67. The van der Waals surface area contributed by atoms with E-state index in [1.165, 1.54) is 0 Å². The number of nitrogen functional groups attached to an aromatic ring is 1. The van der Waals surface area contributed by atoms with E-state index in [2.05, 4.69) is 9.97 Å². The van der Waals surface area contributed by atoms with Gasteiger partial charge in [0.2, 0.25) is 11.8 Å². The molecular formula is C19H29N5O2. The summed E-state index contributed by atoms with van der Waals surface area (Å²) in [5.41, 5.74) is 6.57. The van der Waals surface area contributed by atoms with E-state index in [4.69, 9.17) is 5.73 Å². The lowest BCUT2D eigenvalue weighted by Gasteiger charge is -2.33. The largest absolute Gasteiger partial charge is 0.382 e. The smallest absolute Gasteiger partial charge is 0.225 e. The summed E-state index contributed by atoms with van der Waals surface area (Å²) in [6.07, 6.45) is 8.99. The van der Waals surface area contributed by atoms with Crippen molar-refractivity contribution in [2.24, 2.45) is 11.8 Å². The maximum absolute atomic E-state index is 12.9. The number of aromatic nitrogens is 2. The van der Waals surface area contributed by atoms with Crippen LogP contribution in [0.15, 0.2) is 12.4 Å². The predicted octanol–water partition coefficient (Wildman–Crippen LogP) is 1.49. The number of nitrogens with two attached hydrogens (primary N) is 1. The summed E-state index contributed by atoms with van der Waals surface area (Å²) in [6.45, 7) is 4.67. The van der Waals surface area contributed by atoms with Gasteiger partial charge in [-0.05, 0) is 44.4 Å². The zero-order valence-electron chi connectivity index (χ0n) is 15.6. The SMILES string of the molecule is CC(=O)N1CCC(C(=O)N2CCC[C@H](Cc3cnc(N)cn3)CC2)CC1. The number of carbonyl (C=O) groups excluding carboxylic acids is 2. The van der Waals surface area contributed by atoms with E-state index < -0.39 is 0 Å². The first-order valence-corrected chi connectivity index (χ1v) is 9.63. The van der Waals surface area contributed by atoms with Gasteiger partial charge in [-0.3, -0.25) is 14.6 Å². The summed E-state index contributed by atoms with van der Waals surface area (Å²) in [5.74, 6) is 1.44. The number of anilines is 1. The van der Waals surface area contributed by atoms with Crippen molar-refractivity contribution in [2.75, 3.05) is 31.9 Å². The van der Waals surface area contributed by atoms with Crippen molar-refractivity contribution in [1.29, 1.82) is 0 Å². The van der Waals surface area contributed by atoms with E-state index in [-0.39, 0.29) is 17.7 Å². The molecule has 2 saturated heterocycles. The number of nitrogens with zero attached hydrogens (tertiary/aromatic N) is 4. The Balaban J connectivity index is 1.49. The number of hydrogen-bond donors (Lipinski definition) is 1. The molecule has 1 aromatic rings. The zero-order chi connectivity index (χ0) is 18.5. The van der Waals surface area contributed by atoms with Crippen molar-refractivity contribution in [2.45, 2.75) is 45.4 Å². The molecule has 0 bridgehead atoms. The Morgan fingerprint density at radius 3 is 2.42 bits per heavy atom. The fourth-order valence-electron chi connectivity index (χ4n) is 4.06. The molecule has 0 saturated carbocycles. The van der Waals surface area contributed by atoms with Crippen molar-refractivity contribution in [3.63, 3.8) is 0 Å². The summed E-state index contributed by atoms with van der Waals surface area (Å²) in [5, 5.41) is 0. The van der Waals surface area contributed by atoms with Crippen molar-refractivity contribution in [3.05, 3.63) is 18.1 Å². The fraction of sp³-hybridized carbons (Fsp3) is 0.684. The van der Waals surface area contributed by atoms with Gasteiger partial charge in [-0.15, -0.1) is 0 Å². The topological polar surface area (TPSA) is 92.4 Å². The van der Waals surface area contributed by atoms with Crippen molar-refractivity contribution in [3.8, 4) is 0 Å². The van der Waals surface area contributed by atoms with Gasteiger partial charge in [0.15, 0.2) is 0 Å². The second kappa shape index (κ2) is 8.47. The summed E-state index contributed by atoms with van der Waals surface area (Å²) in [4.78, 5) is 36.7. The van der Waals surface area contributed by atoms with E-state index in [1.54, 1.807) is 19.3 Å². The van der Waals surface area contributed by atoms with E-state index in [9.17, 15) is 9.59 Å². The molecule has 2 aliphatic heterocycles. The molecule has 0 radical (unpaired) electrons. The minimum atomic E-state index is 0.0742. The number of rotatable bonds is 3. The quantitative estimate of drug-likeness (QED) is 0.883. The van der Waals surface area contributed by atoms with E-state index in [0.717, 1.165) is 57.3 Å². The maximum Gasteiger partial charge on any atom is 0.225 e. The third-order valence-corrected chi connectivity index (χ3v) is 5.67. The van der Waals surface area contributed by atoms with Gasteiger partial charge >= 0.3 is 0 Å². The standard InChI is InChI=1S/C19H29N5O2/c1-14(25)23-9-5-16(6-10-23)19(26)24-7-2-3-15(4-8-24)11-17-12-22-18(20)13-21-17/h12-13,15-16H,2-11H2,1H3,(H2,20,22)/t15-/m0/s1. The van der Waals surface area contributed by atoms with Crippen LogP contribution in [-0.4, -0.2) is 57.8 Å². The fourth-order valence-corrected chi connectivity index (χ4v) is 4.06. The third kappa shape index (κ3) is 4.71.